The first-order valence-corrected chi connectivity index (χ1v) is 7.59. The standard InChI is InChI=1S/C17H27N3O3/c1-16(2,3)23-15(22)20-17(4,5)11-19-10-12-6-8-13(9-7-12)14(18)21/h6-9,19H,10-11H2,1-5H3,(H2,18,21)(H,20,22). The molecule has 0 bridgehead atoms. The Labute approximate surface area is 137 Å². The van der Waals surface area contributed by atoms with Gasteiger partial charge in [0.1, 0.15) is 5.60 Å². The van der Waals surface area contributed by atoms with Crippen molar-refractivity contribution in [2.24, 2.45) is 5.73 Å². The Kier molecular flexibility index (Phi) is 6.15. The van der Waals surface area contributed by atoms with Gasteiger partial charge in [-0.05, 0) is 52.3 Å². The minimum absolute atomic E-state index is 0.435. The lowest BCUT2D eigenvalue weighted by Crippen LogP contribution is -2.51. The van der Waals surface area contributed by atoms with Crippen LogP contribution in [0.25, 0.3) is 0 Å². The van der Waals surface area contributed by atoms with Crippen molar-refractivity contribution in [1.29, 1.82) is 0 Å². The molecule has 0 unspecified atom stereocenters. The van der Waals surface area contributed by atoms with Gasteiger partial charge in [-0.2, -0.15) is 0 Å². The molecule has 0 fully saturated rings. The molecule has 0 heterocycles. The van der Waals surface area contributed by atoms with Crippen molar-refractivity contribution in [2.45, 2.75) is 52.3 Å². The van der Waals surface area contributed by atoms with Gasteiger partial charge < -0.3 is 21.1 Å². The molecule has 0 aliphatic rings. The van der Waals surface area contributed by atoms with Crippen LogP contribution in [-0.4, -0.2) is 29.7 Å². The predicted octanol–water partition coefficient (Wildman–Crippen LogP) is 2.18. The van der Waals surface area contributed by atoms with Crippen LogP contribution in [0, 0.1) is 0 Å². The fourth-order valence-electron chi connectivity index (χ4n) is 1.93. The Morgan fingerprint density at radius 3 is 2.13 bits per heavy atom. The Morgan fingerprint density at radius 1 is 1.09 bits per heavy atom. The summed E-state index contributed by atoms with van der Waals surface area (Å²) in [6.07, 6.45) is -0.435. The number of hydrogen-bond acceptors (Lipinski definition) is 4. The van der Waals surface area contributed by atoms with Gasteiger partial charge in [0.2, 0.25) is 5.91 Å². The highest BCUT2D eigenvalue weighted by molar-refractivity contribution is 5.92. The second kappa shape index (κ2) is 7.46. The lowest BCUT2D eigenvalue weighted by atomic mass is 10.1. The van der Waals surface area contributed by atoms with E-state index in [-0.39, 0.29) is 0 Å². The summed E-state index contributed by atoms with van der Waals surface area (Å²) in [6.45, 7) is 10.5. The minimum atomic E-state index is -0.518. The maximum Gasteiger partial charge on any atom is 0.408 e. The molecule has 0 aliphatic heterocycles. The molecule has 1 rings (SSSR count). The molecule has 128 valence electrons. The largest absolute Gasteiger partial charge is 0.444 e. The number of hydrogen-bond donors (Lipinski definition) is 3. The van der Waals surface area contributed by atoms with Crippen LogP contribution >= 0.6 is 0 Å². The van der Waals surface area contributed by atoms with E-state index in [0.717, 1.165) is 5.56 Å². The Balaban J connectivity index is 2.44. The Hall–Kier alpha value is -2.08. The third-order valence-electron chi connectivity index (χ3n) is 2.97. The number of carbonyl (C=O) groups is 2. The molecule has 0 aromatic heterocycles. The number of benzene rings is 1. The topological polar surface area (TPSA) is 93.5 Å². The average Bonchev–Trinajstić information content (AvgIpc) is 2.35. The van der Waals surface area contributed by atoms with Crippen molar-refractivity contribution in [3.63, 3.8) is 0 Å². The second-order valence-corrected chi connectivity index (χ2v) is 7.18. The molecule has 0 aliphatic carbocycles. The number of carbonyl (C=O) groups excluding carboxylic acids is 2. The van der Waals surface area contributed by atoms with Crippen LogP contribution in [0.5, 0.6) is 0 Å². The number of amides is 2. The number of nitrogens with two attached hydrogens (primary N) is 1. The quantitative estimate of drug-likeness (QED) is 0.748. The third-order valence-corrected chi connectivity index (χ3v) is 2.97. The first kappa shape index (κ1) is 19.0. The molecule has 4 N–H and O–H groups in total. The zero-order valence-electron chi connectivity index (χ0n) is 14.5. The maximum absolute atomic E-state index is 11.8. The van der Waals surface area contributed by atoms with Crippen molar-refractivity contribution in [1.82, 2.24) is 10.6 Å². The first-order valence-electron chi connectivity index (χ1n) is 7.59. The molecule has 6 nitrogen and oxygen atoms in total. The van der Waals surface area contributed by atoms with Crippen LogP contribution in [-0.2, 0) is 11.3 Å². The second-order valence-electron chi connectivity index (χ2n) is 7.18. The van der Waals surface area contributed by atoms with E-state index in [0.29, 0.717) is 18.7 Å². The van der Waals surface area contributed by atoms with Gasteiger partial charge in [-0.25, -0.2) is 4.79 Å². The number of ether oxygens (including phenoxy) is 1. The summed E-state index contributed by atoms with van der Waals surface area (Å²) in [7, 11) is 0. The summed E-state index contributed by atoms with van der Waals surface area (Å²) in [6, 6.07) is 7.09. The molecule has 0 saturated heterocycles. The molecule has 23 heavy (non-hydrogen) atoms. The van der Waals surface area contributed by atoms with Crippen LogP contribution in [0.4, 0.5) is 4.79 Å². The lowest BCUT2D eigenvalue weighted by molar-refractivity contribution is 0.0472. The van der Waals surface area contributed by atoms with Gasteiger partial charge in [0.25, 0.3) is 0 Å². The van der Waals surface area contributed by atoms with Crippen LogP contribution < -0.4 is 16.4 Å². The summed E-state index contributed by atoms with van der Waals surface area (Å²) in [4.78, 5) is 22.8. The molecule has 1 aromatic carbocycles. The number of nitrogens with one attached hydrogen (secondary N) is 2. The van der Waals surface area contributed by atoms with E-state index >= 15 is 0 Å². The smallest absolute Gasteiger partial charge is 0.408 e. The van der Waals surface area contributed by atoms with Gasteiger partial charge in [0.15, 0.2) is 0 Å². The summed E-state index contributed by atoms with van der Waals surface area (Å²) < 4.78 is 5.25. The SMILES string of the molecule is CC(C)(CNCc1ccc(C(N)=O)cc1)NC(=O)OC(C)(C)C. The Bertz CT molecular complexity index is 545. The monoisotopic (exact) mass is 321 g/mol. The van der Waals surface area contributed by atoms with Gasteiger partial charge in [0, 0.05) is 18.7 Å². The molecule has 2 amide bonds. The van der Waals surface area contributed by atoms with Gasteiger partial charge in [0.05, 0.1) is 5.54 Å². The zero-order valence-corrected chi connectivity index (χ0v) is 14.5. The summed E-state index contributed by atoms with van der Waals surface area (Å²) in [5, 5.41) is 6.11. The number of rotatable bonds is 6. The third kappa shape index (κ3) is 7.65. The van der Waals surface area contributed by atoms with Crippen LogP contribution in [0.3, 0.4) is 0 Å². The highest BCUT2D eigenvalue weighted by Crippen LogP contribution is 2.09. The van der Waals surface area contributed by atoms with E-state index < -0.39 is 23.1 Å². The summed E-state index contributed by atoms with van der Waals surface area (Å²) in [5.74, 6) is -0.438. The van der Waals surface area contributed by atoms with E-state index in [1.807, 2.05) is 46.8 Å². The van der Waals surface area contributed by atoms with Crippen molar-refractivity contribution in [3.8, 4) is 0 Å². The van der Waals surface area contributed by atoms with Crippen LogP contribution in [0.15, 0.2) is 24.3 Å². The molecular weight excluding hydrogens is 294 g/mol. The number of alkyl carbamates (subject to hydrolysis) is 1. The predicted molar refractivity (Wildman–Crippen MR) is 90.1 cm³/mol. The van der Waals surface area contributed by atoms with E-state index in [2.05, 4.69) is 10.6 Å². The van der Waals surface area contributed by atoms with Gasteiger partial charge in [-0.1, -0.05) is 12.1 Å². The fourth-order valence-corrected chi connectivity index (χ4v) is 1.93. The normalized spacial score (nSPS) is 11.9. The van der Waals surface area contributed by atoms with E-state index in [1.165, 1.54) is 0 Å². The minimum Gasteiger partial charge on any atom is -0.444 e. The highest BCUT2D eigenvalue weighted by atomic mass is 16.6. The van der Waals surface area contributed by atoms with Gasteiger partial charge in [-0.15, -0.1) is 0 Å². The van der Waals surface area contributed by atoms with Crippen molar-refractivity contribution >= 4 is 12.0 Å². The van der Waals surface area contributed by atoms with Gasteiger partial charge in [-0.3, -0.25) is 4.79 Å². The maximum atomic E-state index is 11.8. The molecule has 0 saturated carbocycles. The molecular formula is C17H27N3O3. The van der Waals surface area contributed by atoms with Crippen molar-refractivity contribution in [3.05, 3.63) is 35.4 Å². The molecule has 0 spiro atoms. The zero-order chi connectivity index (χ0) is 17.7. The fraction of sp³-hybridized carbons (Fsp3) is 0.529. The van der Waals surface area contributed by atoms with Gasteiger partial charge >= 0.3 is 6.09 Å². The van der Waals surface area contributed by atoms with E-state index in [1.54, 1.807) is 12.1 Å². The van der Waals surface area contributed by atoms with E-state index in [9.17, 15) is 9.59 Å². The van der Waals surface area contributed by atoms with E-state index in [4.69, 9.17) is 10.5 Å². The molecule has 1 aromatic rings. The molecule has 6 heteroatoms. The van der Waals surface area contributed by atoms with Crippen molar-refractivity contribution in [2.75, 3.05) is 6.54 Å². The lowest BCUT2D eigenvalue weighted by Gasteiger charge is -2.29. The van der Waals surface area contributed by atoms with Crippen LogP contribution in [0.1, 0.15) is 50.5 Å². The summed E-state index contributed by atoms with van der Waals surface area (Å²) in [5.41, 5.74) is 5.75. The molecule has 0 atom stereocenters. The highest BCUT2D eigenvalue weighted by Gasteiger charge is 2.24. The first-order chi connectivity index (χ1) is 10.5. The molecule has 0 radical (unpaired) electrons. The van der Waals surface area contributed by atoms with Crippen molar-refractivity contribution < 1.29 is 14.3 Å². The summed E-state index contributed by atoms with van der Waals surface area (Å²) >= 11 is 0. The van der Waals surface area contributed by atoms with Crippen LogP contribution in [0.2, 0.25) is 0 Å². The Morgan fingerprint density at radius 2 is 1.65 bits per heavy atom. The number of primary amides is 1. The average molecular weight is 321 g/mol.